The third-order valence-electron chi connectivity index (χ3n) is 1.80. The molecular weight excluding hydrogens is 166 g/mol. The summed E-state index contributed by atoms with van der Waals surface area (Å²) in [6, 6.07) is 3.40. The maximum atomic E-state index is 11.0. The first-order valence-corrected chi connectivity index (χ1v) is 4.10. The van der Waals surface area contributed by atoms with Crippen molar-refractivity contribution in [2.75, 3.05) is 7.05 Å². The second-order valence-corrected chi connectivity index (χ2v) is 2.77. The van der Waals surface area contributed by atoms with Crippen molar-refractivity contribution in [1.82, 2.24) is 10.3 Å². The number of nitrogens with one attached hydrogen (secondary N) is 1. The topological polar surface area (TPSA) is 68.0 Å². The van der Waals surface area contributed by atoms with E-state index in [0.717, 1.165) is 5.56 Å². The normalized spacial score (nSPS) is 12.2. The van der Waals surface area contributed by atoms with Gasteiger partial charge in [0.15, 0.2) is 0 Å². The largest absolute Gasteiger partial charge is 0.359 e. The lowest BCUT2D eigenvalue weighted by molar-refractivity contribution is -0.120. The van der Waals surface area contributed by atoms with Gasteiger partial charge in [0.05, 0.1) is 0 Å². The van der Waals surface area contributed by atoms with E-state index < -0.39 is 0 Å². The smallest absolute Gasteiger partial charge is 0.221 e. The summed E-state index contributed by atoms with van der Waals surface area (Å²) < 4.78 is 0. The molecule has 0 fully saturated rings. The molecule has 4 heteroatoms. The zero-order valence-electron chi connectivity index (χ0n) is 7.53. The van der Waals surface area contributed by atoms with Crippen LogP contribution in [0.1, 0.15) is 18.0 Å². The number of hydrogen-bond acceptors (Lipinski definition) is 3. The van der Waals surface area contributed by atoms with Crippen LogP contribution in [0.5, 0.6) is 0 Å². The third-order valence-corrected chi connectivity index (χ3v) is 1.80. The number of aromatic nitrogens is 1. The number of hydrogen-bond donors (Lipinski definition) is 2. The van der Waals surface area contributed by atoms with Gasteiger partial charge in [-0.2, -0.15) is 0 Å². The number of carbonyl (C=O) groups is 1. The van der Waals surface area contributed by atoms with Crippen LogP contribution in [-0.2, 0) is 4.79 Å². The highest BCUT2D eigenvalue weighted by molar-refractivity contribution is 5.76. The van der Waals surface area contributed by atoms with Gasteiger partial charge in [-0.15, -0.1) is 0 Å². The van der Waals surface area contributed by atoms with Gasteiger partial charge in [0.25, 0.3) is 0 Å². The standard InChI is InChI=1S/C9H13N3O/c1-11-9(13)5-8(10)7-3-2-4-12-6-7/h2-4,6,8H,5,10H2,1H3,(H,11,13). The molecule has 1 heterocycles. The average Bonchev–Trinajstić information content (AvgIpc) is 2.19. The van der Waals surface area contributed by atoms with Crippen molar-refractivity contribution in [3.05, 3.63) is 30.1 Å². The van der Waals surface area contributed by atoms with Crippen molar-refractivity contribution in [1.29, 1.82) is 0 Å². The molecule has 1 rings (SSSR count). The molecule has 0 radical (unpaired) electrons. The van der Waals surface area contributed by atoms with E-state index in [1.165, 1.54) is 0 Å². The Kier molecular flexibility index (Phi) is 3.40. The first kappa shape index (κ1) is 9.67. The van der Waals surface area contributed by atoms with Gasteiger partial charge in [0.1, 0.15) is 0 Å². The molecule has 0 bridgehead atoms. The lowest BCUT2D eigenvalue weighted by atomic mass is 10.1. The van der Waals surface area contributed by atoms with Crippen LogP contribution in [0.15, 0.2) is 24.5 Å². The molecule has 0 aliphatic heterocycles. The molecule has 1 amide bonds. The van der Waals surface area contributed by atoms with E-state index in [4.69, 9.17) is 5.73 Å². The molecule has 13 heavy (non-hydrogen) atoms. The molecule has 1 unspecified atom stereocenters. The highest BCUT2D eigenvalue weighted by atomic mass is 16.1. The lowest BCUT2D eigenvalue weighted by Crippen LogP contribution is -2.24. The zero-order valence-corrected chi connectivity index (χ0v) is 7.53. The minimum absolute atomic E-state index is 0.0589. The van der Waals surface area contributed by atoms with Crippen LogP contribution in [0, 0.1) is 0 Å². The van der Waals surface area contributed by atoms with Crippen LogP contribution in [0.3, 0.4) is 0 Å². The predicted octanol–water partition coefficient (Wildman–Crippen LogP) is 0.217. The Morgan fingerprint density at radius 3 is 3.08 bits per heavy atom. The van der Waals surface area contributed by atoms with E-state index in [-0.39, 0.29) is 11.9 Å². The Balaban J connectivity index is 2.59. The quantitative estimate of drug-likeness (QED) is 0.697. The monoisotopic (exact) mass is 179 g/mol. The van der Waals surface area contributed by atoms with Gasteiger partial charge in [-0.25, -0.2) is 0 Å². The minimum Gasteiger partial charge on any atom is -0.359 e. The predicted molar refractivity (Wildman–Crippen MR) is 49.8 cm³/mol. The van der Waals surface area contributed by atoms with Gasteiger partial charge < -0.3 is 11.1 Å². The van der Waals surface area contributed by atoms with Crippen molar-refractivity contribution in [2.24, 2.45) is 5.73 Å². The molecule has 0 saturated carbocycles. The molecule has 0 aromatic carbocycles. The average molecular weight is 179 g/mol. The molecular formula is C9H13N3O. The van der Waals surface area contributed by atoms with Gasteiger partial charge in [0, 0.05) is 31.9 Å². The number of carbonyl (C=O) groups excluding carboxylic acids is 1. The maximum absolute atomic E-state index is 11.0. The maximum Gasteiger partial charge on any atom is 0.221 e. The molecule has 3 N–H and O–H groups in total. The molecule has 1 aromatic rings. The minimum atomic E-state index is -0.270. The van der Waals surface area contributed by atoms with Crippen LogP contribution in [-0.4, -0.2) is 17.9 Å². The fraction of sp³-hybridized carbons (Fsp3) is 0.333. The molecule has 1 aromatic heterocycles. The summed E-state index contributed by atoms with van der Waals surface area (Å²) >= 11 is 0. The van der Waals surface area contributed by atoms with Gasteiger partial charge >= 0.3 is 0 Å². The van der Waals surface area contributed by atoms with Gasteiger partial charge in [-0.3, -0.25) is 9.78 Å². The van der Waals surface area contributed by atoms with Gasteiger partial charge in [0.2, 0.25) is 5.91 Å². The summed E-state index contributed by atoms with van der Waals surface area (Å²) in [5.74, 6) is -0.0589. The SMILES string of the molecule is CNC(=O)CC(N)c1cccnc1. The van der Waals surface area contributed by atoms with E-state index >= 15 is 0 Å². The molecule has 0 spiro atoms. The third kappa shape index (κ3) is 2.83. The first-order valence-electron chi connectivity index (χ1n) is 4.10. The Labute approximate surface area is 77.2 Å². The van der Waals surface area contributed by atoms with Crippen molar-refractivity contribution < 1.29 is 4.79 Å². The molecule has 0 saturated heterocycles. The van der Waals surface area contributed by atoms with Crippen LogP contribution in [0.2, 0.25) is 0 Å². The summed E-state index contributed by atoms with van der Waals surface area (Å²) in [6.45, 7) is 0. The van der Waals surface area contributed by atoms with Crippen LogP contribution in [0.4, 0.5) is 0 Å². The van der Waals surface area contributed by atoms with E-state index in [1.807, 2.05) is 6.07 Å². The summed E-state index contributed by atoms with van der Waals surface area (Å²) in [4.78, 5) is 14.9. The summed E-state index contributed by atoms with van der Waals surface area (Å²) in [5.41, 5.74) is 6.65. The Hall–Kier alpha value is -1.42. The molecule has 4 nitrogen and oxygen atoms in total. The van der Waals surface area contributed by atoms with Gasteiger partial charge in [-0.1, -0.05) is 6.07 Å². The Morgan fingerprint density at radius 1 is 1.77 bits per heavy atom. The second-order valence-electron chi connectivity index (χ2n) is 2.77. The van der Waals surface area contributed by atoms with Gasteiger partial charge in [-0.05, 0) is 11.6 Å². The Bertz CT molecular complexity index is 273. The van der Waals surface area contributed by atoms with Crippen LogP contribution >= 0.6 is 0 Å². The number of nitrogens with zero attached hydrogens (tertiary/aromatic N) is 1. The van der Waals surface area contributed by atoms with E-state index in [2.05, 4.69) is 10.3 Å². The highest BCUT2D eigenvalue weighted by Gasteiger charge is 2.09. The van der Waals surface area contributed by atoms with Crippen molar-refractivity contribution in [2.45, 2.75) is 12.5 Å². The molecule has 1 atom stereocenters. The number of pyridine rings is 1. The van der Waals surface area contributed by atoms with Crippen molar-refractivity contribution in [3.63, 3.8) is 0 Å². The second kappa shape index (κ2) is 4.57. The summed E-state index contributed by atoms with van der Waals surface area (Å²) in [6.07, 6.45) is 3.64. The number of amides is 1. The highest BCUT2D eigenvalue weighted by Crippen LogP contribution is 2.11. The van der Waals surface area contributed by atoms with E-state index in [1.54, 1.807) is 25.5 Å². The molecule has 70 valence electrons. The van der Waals surface area contributed by atoms with E-state index in [0.29, 0.717) is 6.42 Å². The fourth-order valence-corrected chi connectivity index (χ4v) is 1.01. The first-order chi connectivity index (χ1) is 6.24. The van der Waals surface area contributed by atoms with E-state index in [9.17, 15) is 4.79 Å². The van der Waals surface area contributed by atoms with Crippen molar-refractivity contribution in [3.8, 4) is 0 Å². The number of rotatable bonds is 3. The fourth-order valence-electron chi connectivity index (χ4n) is 1.01. The zero-order chi connectivity index (χ0) is 9.68. The lowest BCUT2D eigenvalue weighted by Gasteiger charge is -2.09. The molecule has 0 aliphatic rings. The van der Waals surface area contributed by atoms with Crippen LogP contribution in [0.25, 0.3) is 0 Å². The summed E-state index contributed by atoms with van der Waals surface area (Å²) in [7, 11) is 1.60. The van der Waals surface area contributed by atoms with Crippen molar-refractivity contribution >= 4 is 5.91 Å². The summed E-state index contributed by atoms with van der Waals surface area (Å²) in [5, 5.41) is 2.53. The number of nitrogens with two attached hydrogens (primary N) is 1. The van der Waals surface area contributed by atoms with Crippen LogP contribution < -0.4 is 11.1 Å². The molecule has 0 aliphatic carbocycles. The Morgan fingerprint density at radius 2 is 2.54 bits per heavy atom.